The lowest BCUT2D eigenvalue weighted by Crippen LogP contribution is -2.34. The molecule has 0 amide bonds. The summed E-state index contributed by atoms with van der Waals surface area (Å²) in [5.74, 6) is 0.628. The van der Waals surface area contributed by atoms with Gasteiger partial charge in [0.05, 0.1) is 32.5 Å². The molecule has 0 spiro atoms. The fourth-order valence-corrected chi connectivity index (χ4v) is 12.4. The lowest BCUT2D eigenvalue weighted by atomic mass is 9.70. The van der Waals surface area contributed by atoms with Gasteiger partial charge in [-0.3, -0.25) is 4.57 Å². The predicted molar refractivity (Wildman–Crippen MR) is 293 cm³/mol. The normalized spacial score (nSPS) is 14.3. The van der Waals surface area contributed by atoms with Gasteiger partial charge in [0.2, 0.25) is 5.95 Å². The van der Waals surface area contributed by atoms with Gasteiger partial charge in [-0.15, -0.1) is 11.3 Å². The SMILES string of the molecule is CC1(C)C2=C(CCC=C2)N(c2ccccc2)c2ccc(-c3ccc4c(c3)c3ccc5nc(-c6ccccc6)sc5c3n4-c3nc(-c4ccc(-c5cccc6ccccc56)cc4)c4ccccc4n3)cc21. The van der Waals surface area contributed by atoms with E-state index in [0.29, 0.717) is 5.95 Å². The summed E-state index contributed by atoms with van der Waals surface area (Å²) in [7, 11) is 0. The van der Waals surface area contributed by atoms with Crippen LogP contribution in [0.15, 0.2) is 224 Å². The van der Waals surface area contributed by atoms with Crippen LogP contribution in [-0.2, 0) is 5.41 Å². The molecule has 9 aromatic carbocycles. The van der Waals surface area contributed by atoms with Crippen molar-refractivity contribution < 1.29 is 0 Å². The van der Waals surface area contributed by atoms with Crippen molar-refractivity contribution in [2.24, 2.45) is 0 Å². The topological polar surface area (TPSA) is 46.8 Å². The van der Waals surface area contributed by atoms with E-state index in [4.69, 9.17) is 15.0 Å². The van der Waals surface area contributed by atoms with Crippen molar-refractivity contribution in [3.63, 3.8) is 0 Å². The molecule has 2 aliphatic rings. The summed E-state index contributed by atoms with van der Waals surface area (Å²) in [4.78, 5) is 18.7. The van der Waals surface area contributed by atoms with Crippen LogP contribution < -0.4 is 4.90 Å². The lowest BCUT2D eigenvalue weighted by molar-refractivity contribution is 0.604. The second kappa shape index (κ2) is 15.8. The third-order valence-corrected chi connectivity index (χ3v) is 15.8. The highest BCUT2D eigenvalue weighted by molar-refractivity contribution is 7.22. The van der Waals surface area contributed by atoms with Gasteiger partial charge in [0.15, 0.2) is 0 Å². The summed E-state index contributed by atoms with van der Waals surface area (Å²) in [6, 6.07) is 72.2. The maximum absolute atomic E-state index is 5.57. The summed E-state index contributed by atoms with van der Waals surface area (Å²) in [6.45, 7) is 4.78. The standard InChI is InChI=1S/C64H45N5S/c1-64(2)52-25-12-14-27-57(52)68(46-20-7-4-8-21-46)58-37-33-45(39-53(58)64)44-32-36-56-51(38-44)49-34-35-55-61(70-62(65-55)43-17-5-3-6-18-43)60(49)69(56)63-66-54-26-13-11-23-50(54)59(67-63)42-30-28-41(29-31-42)48-24-15-19-40-16-9-10-22-47(40)48/h3-13,15-26,28-39H,14,27H2,1-2H3. The van der Waals surface area contributed by atoms with Crippen LogP contribution >= 0.6 is 11.3 Å². The first-order valence-corrected chi connectivity index (χ1v) is 25.0. The molecule has 0 fully saturated rings. The second-order valence-corrected chi connectivity index (χ2v) is 20.1. The van der Waals surface area contributed by atoms with E-state index in [-0.39, 0.29) is 5.41 Å². The fraction of sp³-hybridized carbons (Fsp3) is 0.0781. The Bertz CT molecular complexity index is 4140. The van der Waals surface area contributed by atoms with Gasteiger partial charge in [0.25, 0.3) is 0 Å². The number of hydrogen-bond donors (Lipinski definition) is 0. The van der Waals surface area contributed by atoms with E-state index >= 15 is 0 Å². The molecule has 0 saturated heterocycles. The minimum atomic E-state index is -0.182. The molecule has 0 saturated carbocycles. The average molecular weight is 916 g/mol. The van der Waals surface area contributed by atoms with Gasteiger partial charge in [-0.05, 0) is 112 Å². The van der Waals surface area contributed by atoms with E-state index in [1.165, 1.54) is 55.7 Å². The van der Waals surface area contributed by atoms with Crippen molar-refractivity contribution in [1.29, 1.82) is 0 Å². The van der Waals surface area contributed by atoms with Crippen LogP contribution in [0.1, 0.15) is 32.3 Å². The van der Waals surface area contributed by atoms with Crippen molar-refractivity contribution >= 4 is 76.4 Å². The number of rotatable bonds is 6. The molecule has 1 aliphatic heterocycles. The maximum atomic E-state index is 5.57. The Morgan fingerprint density at radius 2 is 1.24 bits per heavy atom. The molecule has 0 N–H and O–H groups in total. The smallest absolute Gasteiger partial charge is 0.235 e. The Labute approximate surface area is 410 Å². The first-order chi connectivity index (χ1) is 34.5. The van der Waals surface area contributed by atoms with E-state index < -0.39 is 0 Å². The monoisotopic (exact) mass is 915 g/mol. The molecule has 0 unspecified atom stereocenters. The minimum Gasteiger partial charge on any atom is -0.314 e. The van der Waals surface area contributed by atoms with Gasteiger partial charge < -0.3 is 4.90 Å². The highest BCUT2D eigenvalue weighted by atomic mass is 32.1. The van der Waals surface area contributed by atoms with Crippen molar-refractivity contribution in [3.8, 4) is 50.0 Å². The van der Waals surface area contributed by atoms with Crippen LogP contribution in [0.3, 0.4) is 0 Å². The number of fused-ring (bicyclic) bond motifs is 8. The van der Waals surface area contributed by atoms with Gasteiger partial charge >= 0.3 is 0 Å². The zero-order chi connectivity index (χ0) is 46.5. The van der Waals surface area contributed by atoms with Crippen LogP contribution in [0.5, 0.6) is 0 Å². The van der Waals surface area contributed by atoms with E-state index in [2.05, 4.69) is 236 Å². The number of benzene rings is 9. The van der Waals surface area contributed by atoms with Gasteiger partial charge in [-0.1, -0.05) is 172 Å². The number of anilines is 2. The number of para-hydroxylation sites is 2. The summed E-state index contributed by atoms with van der Waals surface area (Å²) in [6.07, 6.45) is 6.78. The number of thiazole rings is 1. The predicted octanol–water partition coefficient (Wildman–Crippen LogP) is 17.2. The van der Waals surface area contributed by atoms with Crippen molar-refractivity contribution in [2.75, 3.05) is 4.90 Å². The van der Waals surface area contributed by atoms with E-state index in [0.717, 1.165) is 83.2 Å². The zero-order valence-electron chi connectivity index (χ0n) is 38.8. The number of hydrogen-bond acceptors (Lipinski definition) is 5. The Kier molecular flexibility index (Phi) is 9.17. The number of aromatic nitrogens is 4. The Hall–Kier alpha value is -8.45. The molecule has 4 heterocycles. The summed E-state index contributed by atoms with van der Waals surface area (Å²) in [5, 5.41) is 6.75. The summed E-state index contributed by atoms with van der Waals surface area (Å²) < 4.78 is 3.40. The molecule has 6 heteroatoms. The summed E-state index contributed by atoms with van der Waals surface area (Å²) >= 11 is 1.73. The molecule has 70 heavy (non-hydrogen) atoms. The van der Waals surface area contributed by atoms with Gasteiger partial charge in [0, 0.05) is 49.8 Å². The lowest BCUT2D eigenvalue weighted by Gasteiger charge is -2.44. The number of nitrogens with zero attached hydrogens (tertiary/aromatic N) is 5. The minimum absolute atomic E-state index is 0.182. The van der Waals surface area contributed by atoms with Crippen molar-refractivity contribution in [3.05, 3.63) is 229 Å². The van der Waals surface area contributed by atoms with E-state index in [1.54, 1.807) is 11.3 Å². The maximum Gasteiger partial charge on any atom is 0.235 e. The van der Waals surface area contributed by atoms with Crippen LogP contribution in [0.4, 0.5) is 11.4 Å². The van der Waals surface area contributed by atoms with Gasteiger partial charge in [0.1, 0.15) is 5.01 Å². The van der Waals surface area contributed by atoms with Crippen LogP contribution in [-0.4, -0.2) is 19.5 Å². The Balaban J connectivity index is 0.965. The Morgan fingerprint density at radius 1 is 0.529 bits per heavy atom. The third-order valence-electron chi connectivity index (χ3n) is 14.7. The largest absolute Gasteiger partial charge is 0.314 e. The molecule has 0 atom stereocenters. The first kappa shape index (κ1) is 40.6. The zero-order valence-corrected chi connectivity index (χ0v) is 39.6. The molecule has 12 aromatic rings. The summed E-state index contributed by atoms with van der Waals surface area (Å²) in [5.41, 5.74) is 18.1. The van der Waals surface area contributed by atoms with Crippen LogP contribution in [0, 0.1) is 0 Å². The highest BCUT2D eigenvalue weighted by Gasteiger charge is 2.38. The Morgan fingerprint density at radius 3 is 2.10 bits per heavy atom. The van der Waals surface area contributed by atoms with Gasteiger partial charge in [-0.2, -0.15) is 0 Å². The van der Waals surface area contributed by atoms with E-state index in [1.807, 2.05) is 0 Å². The van der Waals surface area contributed by atoms with Crippen molar-refractivity contribution in [2.45, 2.75) is 32.1 Å². The molecule has 5 nitrogen and oxygen atoms in total. The second-order valence-electron chi connectivity index (χ2n) is 19.1. The molecular formula is C64H45N5S. The van der Waals surface area contributed by atoms with E-state index in [9.17, 15) is 0 Å². The third kappa shape index (κ3) is 6.33. The molecule has 1 aliphatic carbocycles. The molecule has 0 bridgehead atoms. The highest BCUT2D eigenvalue weighted by Crippen LogP contribution is 2.52. The molecule has 3 aromatic heterocycles. The first-order valence-electron chi connectivity index (χ1n) is 24.2. The van der Waals surface area contributed by atoms with Gasteiger partial charge in [-0.25, -0.2) is 15.0 Å². The van der Waals surface area contributed by atoms with Crippen LogP contribution in [0.25, 0.3) is 104 Å². The quantitative estimate of drug-likeness (QED) is 0.167. The van der Waals surface area contributed by atoms with Crippen molar-refractivity contribution in [1.82, 2.24) is 19.5 Å². The fourth-order valence-electron chi connectivity index (χ4n) is 11.3. The molecular weight excluding hydrogens is 871 g/mol. The molecule has 14 rings (SSSR count). The number of allylic oxidation sites excluding steroid dienone is 4. The average Bonchev–Trinajstić information content (AvgIpc) is 4.01. The molecule has 332 valence electrons. The molecule has 0 radical (unpaired) electrons. The van der Waals surface area contributed by atoms with Crippen LogP contribution in [0.2, 0.25) is 0 Å².